The monoisotopic (exact) mass is 214 g/mol. The lowest BCUT2D eigenvalue weighted by Gasteiger charge is -1.98. The molecule has 0 radical (unpaired) electrons. The summed E-state index contributed by atoms with van der Waals surface area (Å²) in [5.41, 5.74) is 0. The Hall–Kier alpha value is -0.900. The molecule has 1 aromatic rings. The van der Waals surface area contributed by atoms with Crippen LogP contribution in [0.1, 0.15) is 0 Å². The lowest BCUT2D eigenvalue weighted by molar-refractivity contribution is -0.113. The van der Waals surface area contributed by atoms with E-state index in [1.54, 1.807) is 18.3 Å². The molecule has 0 spiro atoms. The van der Waals surface area contributed by atoms with Gasteiger partial charge in [-0.2, -0.15) is 0 Å². The summed E-state index contributed by atoms with van der Waals surface area (Å²) in [6, 6.07) is 5.35. The molecule has 0 aliphatic carbocycles. The van der Waals surface area contributed by atoms with Crippen molar-refractivity contribution in [3.05, 3.63) is 24.4 Å². The summed E-state index contributed by atoms with van der Waals surface area (Å²) in [6.07, 6.45) is 1.63. The van der Waals surface area contributed by atoms with Crippen molar-refractivity contribution in [3.63, 3.8) is 0 Å². The highest BCUT2D eigenvalue weighted by molar-refractivity contribution is 9.09. The Morgan fingerprint density at radius 3 is 3.00 bits per heavy atom. The van der Waals surface area contributed by atoms with E-state index < -0.39 is 0 Å². The van der Waals surface area contributed by atoms with Crippen LogP contribution in [0.3, 0.4) is 0 Å². The van der Waals surface area contributed by atoms with Crippen molar-refractivity contribution < 1.29 is 4.79 Å². The molecule has 0 atom stereocenters. The molecule has 1 N–H and O–H groups in total. The second-order valence-corrected chi connectivity index (χ2v) is 2.46. The normalized spacial score (nSPS) is 9.18. The average Bonchev–Trinajstić information content (AvgIpc) is 2.06. The van der Waals surface area contributed by atoms with E-state index in [2.05, 4.69) is 26.2 Å². The molecule has 1 heterocycles. The smallest absolute Gasteiger partial charge is 0.236 e. The number of hydrogen-bond acceptors (Lipinski definition) is 2. The Morgan fingerprint density at radius 2 is 2.45 bits per heavy atom. The Balaban J connectivity index is 2.58. The molecule has 0 saturated heterocycles. The van der Waals surface area contributed by atoms with Crippen molar-refractivity contribution in [2.24, 2.45) is 0 Å². The van der Waals surface area contributed by atoms with Crippen molar-refractivity contribution in [3.8, 4) is 0 Å². The maximum absolute atomic E-state index is 10.8. The summed E-state index contributed by atoms with van der Waals surface area (Å²) < 4.78 is 0. The number of rotatable bonds is 2. The van der Waals surface area contributed by atoms with Gasteiger partial charge in [0.25, 0.3) is 0 Å². The first-order chi connectivity index (χ1) is 5.33. The molecule has 0 bridgehead atoms. The maximum atomic E-state index is 10.8. The van der Waals surface area contributed by atoms with Crippen LogP contribution in [0.2, 0.25) is 0 Å². The molecule has 0 aliphatic heterocycles. The van der Waals surface area contributed by atoms with E-state index in [0.29, 0.717) is 11.1 Å². The standard InChI is InChI=1S/C7H7BrN2O/c8-5-7(11)10-6-3-1-2-4-9-6/h1-4H,5H2,(H,9,10,11). The van der Waals surface area contributed by atoms with E-state index in [-0.39, 0.29) is 5.91 Å². The van der Waals surface area contributed by atoms with Gasteiger partial charge in [0.1, 0.15) is 5.82 Å². The third-order valence-corrected chi connectivity index (χ3v) is 1.56. The van der Waals surface area contributed by atoms with Gasteiger partial charge in [0.05, 0.1) is 5.33 Å². The van der Waals surface area contributed by atoms with E-state index in [0.717, 1.165) is 0 Å². The average molecular weight is 215 g/mol. The van der Waals surface area contributed by atoms with Crippen LogP contribution in [-0.2, 0) is 4.79 Å². The first-order valence-electron chi connectivity index (χ1n) is 3.10. The quantitative estimate of drug-likeness (QED) is 0.758. The molecule has 0 aromatic carbocycles. The molecule has 1 amide bonds. The van der Waals surface area contributed by atoms with Crippen LogP contribution >= 0.6 is 15.9 Å². The number of anilines is 1. The topological polar surface area (TPSA) is 42.0 Å². The number of alkyl halides is 1. The van der Waals surface area contributed by atoms with Gasteiger partial charge < -0.3 is 5.32 Å². The second-order valence-electron chi connectivity index (χ2n) is 1.90. The molecular weight excluding hydrogens is 208 g/mol. The molecule has 1 rings (SSSR count). The minimum atomic E-state index is -0.0938. The van der Waals surface area contributed by atoms with Gasteiger partial charge in [-0.3, -0.25) is 4.79 Å². The highest BCUT2D eigenvalue weighted by Crippen LogP contribution is 1.99. The number of hydrogen-bond donors (Lipinski definition) is 1. The summed E-state index contributed by atoms with van der Waals surface area (Å²) >= 11 is 3.03. The second kappa shape index (κ2) is 4.08. The van der Waals surface area contributed by atoms with Crippen molar-refractivity contribution in [2.45, 2.75) is 0 Å². The minimum absolute atomic E-state index is 0.0938. The van der Waals surface area contributed by atoms with E-state index >= 15 is 0 Å². The Morgan fingerprint density at radius 1 is 1.64 bits per heavy atom. The molecule has 0 unspecified atom stereocenters. The van der Waals surface area contributed by atoms with Gasteiger partial charge in [0, 0.05) is 6.20 Å². The summed E-state index contributed by atoms with van der Waals surface area (Å²) in [5.74, 6) is 0.487. The first kappa shape index (κ1) is 8.20. The van der Waals surface area contributed by atoms with Crippen LogP contribution in [0, 0.1) is 0 Å². The van der Waals surface area contributed by atoms with Crippen LogP contribution in [-0.4, -0.2) is 16.2 Å². The highest BCUT2D eigenvalue weighted by Gasteiger charge is 1.97. The predicted octanol–water partition coefficient (Wildman–Crippen LogP) is 1.42. The van der Waals surface area contributed by atoms with E-state index in [4.69, 9.17) is 0 Å². The number of aromatic nitrogens is 1. The molecule has 0 saturated carbocycles. The number of nitrogens with zero attached hydrogens (tertiary/aromatic N) is 1. The van der Waals surface area contributed by atoms with Crippen molar-refractivity contribution in [1.82, 2.24) is 4.98 Å². The zero-order chi connectivity index (χ0) is 8.10. The fourth-order valence-electron chi connectivity index (χ4n) is 0.613. The third-order valence-electron chi connectivity index (χ3n) is 1.05. The highest BCUT2D eigenvalue weighted by atomic mass is 79.9. The van der Waals surface area contributed by atoms with Gasteiger partial charge in [-0.1, -0.05) is 22.0 Å². The zero-order valence-corrected chi connectivity index (χ0v) is 7.34. The summed E-state index contributed by atoms with van der Waals surface area (Å²) in [6.45, 7) is 0. The fraction of sp³-hybridized carbons (Fsp3) is 0.143. The van der Waals surface area contributed by atoms with Crippen LogP contribution < -0.4 is 5.32 Å². The number of carbonyl (C=O) groups is 1. The van der Waals surface area contributed by atoms with Crippen LogP contribution in [0.25, 0.3) is 0 Å². The van der Waals surface area contributed by atoms with Crippen molar-refractivity contribution in [1.29, 1.82) is 0 Å². The molecular formula is C7H7BrN2O. The van der Waals surface area contributed by atoms with Crippen LogP contribution in [0.5, 0.6) is 0 Å². The van der Waals surface area contributed by atoms with E-state index in [9.17, 15) is 4.79 Å². The molecule has 0 aliphatic rings. The van der Waals surface area contributed by atoms with Crippen LogP contribution in [0.4, 0.5) is 5.82 Å². The zero-order valence-electron chi connectivity index (χ0n) is 5.75. The first-order valence-corrected chi connectivity index (χ1v) is 4.22. The lowest BCUT2D eigenvalue weighted by Crippen LogP contribution is -2.12. The number of amides is 1. The number of carbonyl (C=O) groups excluding carboxylic acids is 1. The minimum Gasteiger partial charge on any atom is -0.310 e. The third kappa shape index (κ3) is 2.67. The Bertz CT molecular complexity index is 237. The number of nitrogens with one attached hydrogen (secondary N) is 1. The van der Waals surface area contributed by atoms with Crippen LogP contribution in [0.15, 0.2) is 24.4 Å². The predicted molar refractivity (Wildman–Crippen MR) is 46.7 cm³/mol. The molecule has 58 valence electrons. The molecule has 11 heavy (non-hydrogen) atoms. The largest absolute Gasteiger partial charge is 0.310 e. The Kier molecular flexibility index (Phi) is 3.04. The van der Waals surface area contributed by atoms with Gasteiger partial charge in [-0.15, -0.1) is 0 Å². The van der Waals surface area contributed by atoms with Gasteiger partial charge in [0.2, 0.25) is 5.91 Å². The number of halogens is 1. The molecule has 0 fully saturated rings. The summed E-state index contributed by atoms with van der Waals surface area (Å²) in [4.78, 5) is 14.7. The lowest BCUT2D eigenvalue weighted by atomic mass is 10.4. The number of pyridine rings is 1. The SMILES string of the molecule is O=C(CBr)Nc1ccccn1. The maximum Gasteiger partial charge on any atom is 0.236 e. The summed E-state index contributed by atoms with van der Waals surface area (Å²) in [7, 11) is 0. The molecule has 1 aromatic heterocycles. The van der Waals surface area contributed by atoms with Crippen molar-refractivity contribution in [2.75, 3.05) is 10.6 Å². The van der Waals surface area contributed by atoms with Crippen molar-refractivity contribution >= 4 is 27.7 Å². The van der Waals surface area contributed by atoms with E-state index in [1.807, 2.05) is 6.07 Å². The summed E-state index contributed by atoms with van der Waals surface area (Å²) in [5, 5.41) is 2.89. The molecule has 3 nitrogen and oxygen atoms in total. The Labute approximate surface area is 73.0 Å². The van der Waals surface area contributed by atoms with Gasteiger partial charge in [-0.25, -0.2) is 4.98 Å². The van der Waals surface area contributed by atoms with Gasteiger partial charge in [-0.05, 0) is 12.1 Å². The van der Waals surface area contributed by atoms with E-state index in [1.165, 1.54) is 0 Å². The van der Waals surface area contributed by atoms with Gasteiger partial charge in [0.15, 0.2) is 0 Å². The fourth-order valence-corrected chi connectivity index (χ4v) is 0.753. The van der Waals surface area contributed by atoms with Gasteiger partial charge >= 0.3 is 0 Å². The molecule has 4 heteroatoms.